The molecule has 1 aliphatic rings. The van der Waals surface area contributed by atoms with E-state index in [1.807, 2.05) is 13.0 Å². The lowest BCUT2D eigenvalue weighted by atomic mass is 10.0. The topological polar surface area (TPSA) is 73.1 Å². The predicted octanol–water partition coefficient (Wildman–Crippen LogP) is 1.35. The van der Waals surface area contributed by atoms with E-state index in [1.54, 1.807) is 0 Å². The van der Waals surface area contributed by atoms with Crippen LogP contribution in [0.5, 0.6) is 0 Å². The summed E-state index contributed by atoms with van der Waals surface area (Å²) < 4.78 is 0. The molecule has 3 atom stereocenters. The molecule has 2 N–H and O–H groups in total. The molecule has 1 amide bonds. The van der Waals surface area contributed by atoms with E-state index in [2.05, 4.69) is 5.32 Å². The van der Waals surface area contributed by atoms with Gasteiger partial charge in [-0.15, -0.1) is 0 Å². The van der Waals surface area contributed by atoms with Crippen molar-refractivity contribution in [2.24, 2.45) is 5.92 Å². The Morgan fingerprint density at radius 3 is 2.81 bits per heavy atom. The van der Waals surface area contributed by atoms with Crippen molar-refractivity contribution in [1.82, 2.24) is 5.32 Å². The first kappa shape index (κ1) is 13.0. The first-order chi connectivity index (χ1) is 7.69. The molecular formula is C12H20N2O2. The van der Waals surface area contributed by atoms with Gasteiger partial charge in [0.05, 0.1) is 18.2 Å². The third-order valence-electron chi connectivity index (χ3n) is 3.19. The molecule has 16 heavy (non-hydrogen) atoms. The average molecular weight is 224 g/mol. The second-order valence-corrected chi connectivity index (χ2v) is 4.41. The van der Waals surface area contributed by atoms with Crippen molar-refractivity contribution in [3.05, 3.63) is 0 Å². The number of aliphatic hydroxyl groups is 1. The Labute approximate surface area is 96.6 Å². The lowest BCUT2D eigenvalue weighted by Crippen LogP contribution is -2.44. The molecule has 0 saturated heterocycles. The molecule has 1 saturated carbocycles. The maximum atomic E-state index is 11.7. The van der Waals surface area contributed by atoms with Crippen LogP contribution < -0.4 is 5.32 Å². The molecule has 0 heterocycles. The summed E-state index contributed by atoms with van der Waals surface area (Å²) in [4.78, 5) is 11.7. The number of aliphatic hydroxyl groups excluding tert-OH is 1. The van der Waals surface area contributed by atoms with Gasteiger partial charge in [0.2, 0.25) is 5.91 Å². The second kappa shape index (κ2) is 6.49. The molecule has 90 valence electrons. The third-order valence-corrected chi connectivity index (χ3v) is 3.19. The fourth-order valence-corrected chi connectivity index (χ4v) is 2.08. The molecule has 4 heteroatoms. The zero-order chi connectivity index (χ0) is 12.0. The third kappa shape index (κ3) is 3.49. The summed E-state index contributed by atoms with van der Waals surface area (Å²) in [5.74, 6) is -0.827. The van der Waals surface area contributed by atoms with Crippen LogP contribution >= 0.6 is 0 Å². The van der Waals surface area contributed by atoms with E-state index < -0.39 is 12.0 Å². The molecule has 0 radical (unpaired) electrons. The minimum absolute atomic E-state index is 0.169. The Kier molecular flexibility index (Phi) is 5.27. The summed E-state index contributed by atoms with van der Waals surface area (Å²) in [6.07, 6.45) is 4.78. The molecule has 1 aliphatic carbocycles. The Balaban J connectivity index is 2.51. The monoisotopic (exact) mass is 224 g/mol. The van der Waals surface area contributed by atoms with Crippen LogP contribution in [0, 0.1) is 17.2 Å². The van der Waals surface area contributed by atoms with Gasteiger partial charge >= 0.3 is 0 Å². The Bertz CT molecular complexity index is 273. The van der Waals surface area contributed by atoms with Gasteiger partial charge in [0, 0.05) is 0 Å². The number of carbonyl (C=O) groups excluding carboxylic acids is 1. The number of hydrogen-bond acceptors (Lipinski definition) is 3. The fraction of sp³-hybridized carbons (Fsp3) is 0.833. The quantitative estimate of drug-likeness (QED) is 0.711. The number of rotatable bonds is 3. The van der Waals surface area contributed by atoms with E-state index in [4.69, 9.17) is 5.26 Å². The van der Waals surface area contributed by atoms with Crippen LogP contribution in [0.1, 0.15) is 45.4 Å². The number of amides is 1. The zero-order valence-corrected chi connectivity index (χ0v) is 9.78. The van der Waals surface area contributed by atoms with Crippen LogP contribution in [0.3, 0.4) is 0 Å². The standard InChI is InChI=1S/C12H20N2O2/c1-2-9(8-13)12(16)14-10-6-4-3-5-7-11(10)15/h9-11,15H,2-7H2,1H3,(H,14,16). The van der Waals surface area contributed by atoms with Crippen molar-refractivity contribution in [3.8, 4) is 6.07 Å². The number of nitrogens with zero attached hydrogens (tertiary/aromatic N) is 1. The van der Waals surface area contributed by atoms with Crippen molar-refractivity contribution >= 4 is 5.91 Å². The van der Waals surface area contributed by atoms with Crippen LogP contribution in [0.25, 0.3) is 0 Å². The lowest BCUT2D eigenvalue weighted by molar-refractivity contribution is -0.125. The maximum absolute atomic E-state index is 11.7. The van der Waals surface area contributed by atoms with Gasteiger partial charge < -0.3 is 10.4 Å². The van der Waals surface area contributed by atoms with Gasteiger partial charge in [-0.2, -0.15) is 5.26 Å². The van der Waals surface area contributed by atoms with E-state index in [0.29, 0.717) is 6.42 Å². The molecule has 0 aromatic rings. The molecule has 1 fully saturated rings. The van der Waals surface area contributed by atoms with Crippen LogP contribution in [0.15, 0.2) is 0 Å². The summed E-state index contributed by atoms with van der Waals surface area (Å²) in [6, 6.07) is 1.81. The molecule has 1 rings (SSSR count). The fourth-order valence-electron chi connectivity index (χ4n) is 2.08. The maximum Gasteiger partial charge on any atom is 0.237 e. The second-order valence-electron chi connectivity index (χ2n) is 4.41. The smallest absolute Gasteiger partial charge is 0.237 e. The van der Waals surface area contributed by atoms with Crippen molar-refractivity contribution in [2.75, 3.05) is 0 Å². The molecule has 0 bridgehead atoms. The normalized spacial score (nSPS) is 27.6. The lowest BCUT2D eigenvalue weighted by Gasteiger charge is -2.22. The summed E-state index contributed by atoms with van der Waals surface area (Å²) in [6.45, 7) is 1.82. The van der Waals surface area contributed by atoms with Gasteiger partial charge in [0.15, 0.2) is 0 Å². The summed E-state index contributed by atoms with van der Waals surface area (Å²) in [7, 11) is 0. The van der Waals surface area contributed by atoms with Crippen LogP contribution in [0.2, 0.25) is 0 Å². The molecular weight excluding hydrogens is 204 g/mol. The molecule has 0 spiro atoms. The molecule has 0 aromatic heterocycles. The first-order valence-electron chi connectivity index (χ1n) is 6.07. The predicted molar refractivity (Wildman–Crippen MR) is 60.4 cm³/mol. The zero-order valence-electron chi connectivity index (χ0n) is 9.78. The highest BCUT2D eigenvalue weighted by Gasteiger charge is 2.25. The number of nitrogens with one attached hydrogen (secondary N) is 1. The Morgan fingerprint density at radius 1 is 1.50 bits per heavy atom. The van der Waals surface area contributed by atoms with E-state index in [-0.39, 0.29) is 11.9 Å². The SMILES string of the molecule is CCC(C#N)C(=O)NC1CCCCCC1O. The molecule has 4 nitrogen and oxygen atoms in total. The van der Waals surface area contributed by atoms with Gasteiger partial charge in [-0.05, 0) is 19.3 Å². The van der Waals surface area contributed by atoms with Gasteiger partial charge in [-0.1, -0.05) is 26.2 Å². The number of nitriles is 1. The summed E-state index contributed by atoms with van der Waals surface area (Å²) >= 11 is 0. The highest BCUT2D eigenvalue weighted by Crippen LogP contribution is 2.18. The molecule has 0 aliphatic heterocycles. The Hall–Kier alpha value is -1.08. The summed E-state index contributed by atoms with van der Waals surface area (Å²) in [5.41, 5.74) is 0. The van der Waals surface area contributed by atoms with Crippen molar-refractivity contribution in [2.45, 2.75) is 57.6 Å². The van der Waals surface area contributed by atoms with E-state index in [9.17, 15) is 9.90 Å². The molecule has 0 aromatic carbocycles. The highest BCUT2D eigenvalue weighted by molar-refractivity contribution is 5.81. The molecule has 3 unspecified atom stereocenters. The van der Waals surface area contributed by atoms with E-state index in [0.717, 1.165) is 32.1 Å². The largest absolute Gasteiger partial charge is 0.391 e. The van der Waals surface area contributed by atoms with Crippen LogP contribution in [-0.2, 0) is 4.79 Å². The highest BCUT2D eigenvalue weighted by atomic mass is 16.3. The van der Waals surface area contributed by atoms with Gasteiger partial charge in [-0.25, -0.2) is 0 Å². The van der Waals surface area contributed by atoms with Crippen molar-refractivity contribution < 1.29 is 9.90 Å². The summed E-state index contributed by atoms with van der Waals surface area (Å²) in [5, 5.41) is 21.4. The van der Waals surface area contributed by atoms with E-state index >= 15 is 0 Å². The van der Waals surface area contributed by atoms with Crippen LogP contribution in [-0.4, -0.2) is 23.2 Å². The van der Waals surface area contributed by atoms with Gasteiger partial charge in [0.25, 0.3) is 0 Å². The van der Waals surface area contributed by atoms with Gasteiger partial charge in [-0.3, -0.25) is 4.79 Å². The van der Waals surface area contributed by atoms with Crippen LogP contribution in [0.4, 0.5) is 0 Å². The number of hydrogen-bond donors (Lipinski definition) is 2. The minimum Gasteiger partial charge on any atom is -0.391 e. The number of carbonyl (C=O) groups is 1. The average Bonchev–Trinajstić information content (AvgIpc) is 2.46. The van der Waals surface area contributed by atoms with Gasteiger partial charge in [0.1, 0.15) is 5.92 Å². The van der Waals surface area contributed by atoms with Crippen molar-refractivity contribution in [1.29, 1.82) is 5.26 Å². The van der Waals surface area contributed by atoms with E-state index in [1.165, 1.54) is 0 Å². The van der Waals surface area contributed by atoms with Crippen molar-refractivity contribution in [3.63, 3.8) is 0 Å². The minimum atomic E-state index is -0.588. The Morgan fingerprint density at radius 2 is 2.19 bits per heavy atom. The first-order valence-corrected chi connectivity index (χ1v) is 6.07.